The molecule has 0 aliphatic carbocycles. The summed E-state index contributed by atoms with van der Waals surface area (Å²) in [7, 11) is 0. The highest BCUT2D eigenvalue weighted by molar-refractivity contribution is 5.76. The Morgan fingerprint density at radius 3 is 2.74 bits per heavy atom. The minimum atomic E-state index is -0.640. The van der Waals surface area contributed by atoms with E-state index in [0.717, 1.165) is 5.56 Å². The number of aromatic amines is 1. The van der Waals surface area contributed by atoms with Gasteiger partial charge in [0.1, 0.15) is 17.5 Å². The summed E-state index contributed by atoms with van der Waals surface area (Å²) in [4.78, 5) is 11.2. The van der Waals surface area contributed by atoms with Gasteiger partial charge in [0.15, 0.2) is 5.65 Å². The minimum absolute atomic E-state index is 0.143. The van der Waals surface area contributed by atoms with Crippen molar-refractivity contribution in [2.75, 3.05) is 0 Å². The molecule has 1 aromatic carbocycles. The first-order chi connectivity index (χ1) is 9.06. The third-order valence-electron chi connectivity index (χ3n) is 3.00. The number of benzene rings is 1. The molecule has 5 heteroatoms. The molecule has 0 radical (unpaired) electrons. The molecule has 3 rings (SSSR count). The van der Waals surface area contributed by atoms with Gasteiger partial charge in [-0.05, 0) is 37.1 Å². The Hall–Kier alpha value is -2.30. The second-order valence-corrected chi connectivity index (χ2v) is 4.52. The average molecular weight is 259 g/mol. The first kappa shape index (κ1) is 11.8. The molecule has 0 unspecified atom stereocenters. The highest BCUT2D eigenvalue weighted by Gasteiger charge is 2.17. The van der Waals surface area contributed by atoms with E-state index in [1.807, 2.05) is 13.0 Å². The van der Waals surface area contributed by atoms with Gasteiger partial charge < -0.3 is 4.98 Å². The summed E-state index contributed by atoms with van der Waals surface area (Å²) in [6.07, 6.45) is 1.66. The Morgan fingerprint density at radius 2 is 1.95 bits per heavy atom. The fraction of sp³-hybridized carbons (Fsp3) is 0.143. The van der Waals surface area contributed by atoms with Crippen molar-refractivity contribution in [3.8, 4) is 11.4 Å². The first-order valence-electron chi connectivity index (χ1n) is 5.83. The number of halogens is 2. The normalized spacial score (nSPS) is 11.2. The topological polar surface area (TPSA) is 41.6 Å². The van der Waals surface area contributed by atoms with Crippen LogP contribution in [0.2, 0.25) is 0 Å². The molecule has 0 aliphatic rings. The molecule has 0 atom stereocenters. The van der Waals surface area contributed by atoms with Crippen LogP contribution in [0.3, 0.4) is 0 Å². The fourth-order valence-electron chi connectivity index (χ4n) is 2.00. The summed E-state index contributed by atoms with van der Waals surface area (Å²) >= 11 is 0. The molecule has 0 saturated carbocycles. The number of fused-ring (bicyclic) bond motifs is 1. The molecule has 0 aliphatic heterocycles. The average Bonchev–Trinajstić information content (AvgIpc) is 2.77. The molecule has 0 saturated heterocycles. The van der Waals surface area contributed by atoms with Crippen molar-refractivity contribution in [3.05, 3.63) is 47.2 Å². The van der Waals surface area contributed by atoms with Crippen molar-refractivity contribution in [2.24, 2.45) is 0 Å². The largest absolute Gasteiger partial charge is 0.336 e. The Kier molecular flexibility index (Phi) is 2.55. The number of pyridine rings is 1. The van der Waals surface area contributed by atoms with Crippen LogP contribution in [-0.4, -0.2) is 15.0 Å². The number of nitrogens with one attached hydrogen (secondary N) is 1. The van der Waals surface area contributed by atoms with E-state index >= 15 is 0 Å². The molecule has 0 fully saturated rings. The minimum Gasteiger partial charge on any atom is -0.336 e. The van der Waals surface area contributed by atoms with Crippen LogP contribution in [0.4, 0.5) is 8.78 Å². The molecule has 3 aromatic rings. The van der Waals surface area contributed by atoms with Crippen LogP contribution >= 0.6 is 0 Å². The van der Waals surface area contributed by atoms with Gasteiger partial charge in [0.05, 0.1) is 11.1 Å². The lowest BCUT2D eigenvalue weighted by Gasteiger charge is -2.03. The van der Waals surface area contributed by atoms with E-state index in [-0.39, 0.29) is 11.4 Å². The number of hydrogen-bond acceptors (Lipinski definition) is 2. The van der Waals surface area contributed by atoms with E-state index < -0.39 is 11.6 Å². The van der Waals surface area contributed by atoms with Crippen LogP contribution in [0, 0.1) is 25.5 Å². The fourth-order valence-corrected chi connectivity index (χ4v) is 2.00. The number of hydrogen-bond donors (Lipinski definition) is 1. The van der Waals surface area contributed by atoms with Gasteiger partial charge in [-0.1, -0.05) is 6.07 Å². The zero-order valence-corrected chi connectivity index (χ0v) is 10.5. The van der Waals surface area contributed by atoms with Gasteiger partial charge in [-0.25, -0.2) is 18.7 Å². The van der Waals surface area contributed by atoms with Crippen molar-refractivity contribution < 1.29 is 8.78 Å². The van der Waals surface area contributed by atoms with Gasteiger partial charge in [0.2, 0.25) is 0 Å². The second kappa shape index (κ2) is 4.12. The SMILES string of the molecule is Cc1cnc2nc(-c3c(F)ccc(C)c3F)[nH]c2c1. The Morgan fingerprint density at radius 1 is 1.16 bits per heavy atom. The lowest BCUT2D eigenvalue weighted by atomic mass is 10.1. The number of aryl methyl sites for hydroxylation is 2. The molecular weight excluding hydrogens is 248 g/mol. The van der Waals surface area contributed by atoms with Crippen molar-refractivity contribution in [1.82, 2.24) is 15.0 Å². The predicted molar refractivity (Wildman–Crippen MR) is 68.7 cm³/mol. The Balaban J connectivity index is 2.27. The van der Waals surface area contributed by atoms with Gasteiger partial charge in [0, 0.05) is 6.20 Å². The zero-order chi connectivity index (χ0) is 13.6. The summed E-state index contributed by atoms with van der Waals surface area (Å²) in [5, 5.41) is 0. The maximum Gasteiger partial charge on any atom is 0.178 e. The third-order valence-corrected chi connectivity index (χ3v) is 3.00. The van der Waals surface area contributed by atoms with E-state index in [2.05, 4.69) is 15.0 Å². The molecular formula is C14H11F2N3. The van der Waals surface area contributed by atoms with Crippen LogP contribution in [0.1, 0.15) is 11.1 Å². The molecule has 0 spiro atoms. The second-order valence-electron chi connectivity index (χ2n) is 4.52. The van der Waals surface area contributed by atoms with Crippen LogP contribution in [0.15, 0.2) is 24.4 Å². The molecule has 0 bridgehead atoms. The van der Waals surface area contributed by atoms with Crippen LogP contribution in [0.5, 0.6) is 0 Å². The highest BCUT2D eigenvalue weighted by atomic mass is 19.1. The predicted octanol–water partition coefficient (Wildman–Crippen LogP) is 3.52. The summed E-state index contributed by atoms with van der Waals surface area (Å²) in [6.45, 7) is 3.48. The number of aromatic nitrogens is 3. The molecule has 2 aromatic heterocycles. The number of H-pyrrole nitrogens is 1. The summed E-state index contributed by atoms with van der Waals surface area (Å²) < 4.78 is 27.8. The Bertz CT molecular complexity index is 778. The standard InChI is InChI=1S/C14H11F2N3/c1-7-5-10-13(17-6-7)19-14(18-10)11-9(15)4-3-8(2)12(11)16/h3-6H,1-2H3,(H,17,18,19). The quantitative estimate of drug-likeness (QED) is 0.726. The molecule has 19 heavy (non-hydrogen) atoms. The number of imidazole rings is 1. The van der Waals surface area contributed by atoms with Gasteiger partial charge in [0.25, 0.3) is 0 Å². The van der Waals surface area contributed by atoms with Crippen LogP contribution < -0.4 is 0 Å². The van der Waals surface area contributed by atoms with E-state index in [1.54, 1.807) is 13.1 Å². The molecule has 2 heterocycles. The van der Waals surface area contributed by atoms with Gasteiger partial charge in [-0.15, -0.1) is 0 Å². The van der Waals surface area contributed by atoms with E-state index in [4.69, 9.17) is 0 Å². The van der Waals surface area contributed by atoms with E-state index in [9.17, 15) is 8.78 Å². The Labute approximate surface area is 108 Å². The van der Waals surface area contributed by atoms with E-state index in [1.165, 1.54) is 12.1 Å². The smallest absolute Gasteiger partial charge is 0.178 e. The van der Waals surface area contributed by atoms with E-state index in [0.29, 0.717) is 16.7 Å². The lowest BCUT2D eigenvalue weighted by molar-refractivity contribution is 0.582. The van der Waals surface area contributed by atoms with Gasteiger partial charge >= 0.3 is 0 Å². The monoisotopic (exact) mass is 259 g/mol. The lowest BCUT2D eigenvalue weighted by Crippen LogP contribution is -1.94. The van der Waals surface area contributed by atoms with Crippen molar-refractivity contribution in [3.63, 3.8) is 0 Å². The maximum atomic E-state index is 14.0. The van der Waals surface area contributed by atoms with Crippen LogP contribution in [0.25, 0.3) is 22.6 Å². The number of rotatable bonds is 1. The van der Waals surface area contributed by atoms with Crippen molar-refractivity contribution >= 4 is 11.2 Å². The third kappa shape index (κ3) is 1.87. The summed E-state index contributed by atoms with van der Waals surface area (Å²) in [5.41, 5.74) is 2.29. The molecule has 3 nitrogen and oxygen atoms in total. The first-order valence-corrected chi connectivity index (χ1v) is 5.83. The molecule has 96 valence electrons. The molecule has 1 N–H and O–H groups in total. The van der Waals surface area contributed by atoms with Crippen molar-refractivity contribution in [1.29, 1.82) is 0 Å². The van der Waals surface area contributed by atoms with Gasteiger partial charge in [-0.2, -0.15) is 0 Å². The summed E-state index contributed by atoms with van der Waals surface area (Å²) in [5.74, 6) is -1.08. The van der Waals surface area contributed by atoms with Gasteiger partial charge in [-0.3, -0.25) is 0 Å². The number of nitrogens with zero attached hydrogens (tertiary/aromatic N) is 2. The van der Waals surface area contributed by atoms with Crippen LogP contribution in [-0.2, 0) is 0 Å². The van der Waals surface area contributed by atoms with Crippen molar-refractivity contribution in [2.45, 2.75) is 13.8 Å². The summed E-state index contributed by atoms with van der Waals surface area (Å²) in [6, 6.07) is 4.48. The zero-order valence-electron chi connectivity index (χ0n) is 10.5. The highest BCUT2D eigenvalue weighted by Crippen LogP contribution is 2.27. The molecule has 0 amide bonds. The maximum absolute atomic E-state index is 14.0.